The van der Waals surface area contributed by atoms with E-state index in [0.29, 0.717) is 42.7 Å². The molecule has 1 saturated heterocycles. The largest absolute Gasteiger partial charge is 0.461 e. The predicted molar refractivity (Wildman–Crippen MR) is 118 cm³/mol. The van der Waals surface area contributed by atoms with Gasteiger partial charge in [-0.25, -0.2) is 14.8 Å². The van der Waals surface area contributed by atoms with Crippen LogP contribution in [0.5, 0.6) is 0 Å². The first kappa shape index (κ1) is 20.5. The van der Waals surface area contributed by atoms with Gasteiger partial charge in [-0.2, -0.15) is 0 Å². The zero-order chi connectivity index (χ0) is 21.3. The highest BCUT2D eigenvalue weighted by atomic mass is 35.5. The van der Waals surface area contributed by atoms with E-state index in [1.165, 1.54) is 18.0 Å². The molecule has 10 heteroatoms. The Kier molecular flexibility index (Phi) is 5.80. The van der Waals surface area contributed by atoms with Crippen LogP contribution in [0.4, 0.5) is 5.69 Å². The van der Waals surface area contributed by atoms with Gasteiger partial charge in [0.05, 0.1) is 27.8 Å². The van der Waals surface area contributed by atoms with Crippen molar-refractivity contribution in [3.63, 3.8) is 0 Å². The summed E-state index contributed by atoms with van der Waals surface area (Å²) in [7, 11) is 0. The maximum Gasteiger partial charge on any atom is 0.356 e. The number of ether oxygens (including phenoxy) is 1. The van der Waals surface area contributed by atoms with Crippen LogP contribution in [0.1, 0.15) is 23.0 Å². The van der Waals surface area contributed by atoms with Crippen molar-refractivity contribution in [1.82, 2.24) is 14.7 Å². The van der Waals surface area contributed by atoms with Gasteiger partial charge < -0.3 is 10.1 Å². The number of benzene rings is 1. The third kappa shape index (κ3) is 4.07. The number of rotatable bonds is 4. The van der Waals surface area contributed by atoms with Crippen LogP contribution in [0, 0.1) is 0 Å². The van der Waals surface area contributed by atoms with Crippen LogP contribution in [0.25, 0.3) is 11.7 Å². The lowest BCUT2D eigenvalue weighted by Crippen LogP contribution is -2.19. The van der Waals surface area contributed by atoms with E-state index in [1.807, 2.05) is 0 Å². The quantitative estimate of drug-likeness (QED) is 0.450. The minimum Gasteiger partial charge on any atom is -0.461 e. The summed E-state index contributed by atoms with van der Waals surface area (Å²) in [4.78, 5) is 33.5. The number of hydrogen-bond donors (Lipinski definition) is 1. The number of hydrogen-bond acceptors (Lipinski definition) is 6. The van der Waals surface area contributed by atoms with Crippen LogP contribution in [0.15, 0.2) is 52.6 Å². The molecule has 30 heavy (non-hydrogen) atoms. The van der Waals surface area contributed by atoms with Gasteiger partial charge in [0.25, 0.3) is 5.91 Å². The second-order valence-electron chi connectivity index (χ2n) is 6.11. The maximum absolute atomic E-state index is 12.4. The molecular weight excluding hydrogens is 447 g/mol. The fraction of sp³-hybridized carbons (Fsp3) is 0.100. The van der Waals surface area contributed by atoms with E-state index in [-0.39, 0.29) is 12.5 Å². The van der Waals surface area contributed by atoms with Gasteiger partial charge in [-0.1, -0.05) is 29.3 Å². The average molecular weight is 461 g/mol. The molecule has 0 aliphatic carbocycles. The smallest absolute Gasteiger partial charge is 0.356 e. The predicted octanol–water partition coefficient (Wildman–Crippen LogP) is 4.71. The summed E-state index contributed by atoms with van der Waals surface area (Å²) in [5.74, 6) is -0.757. The molecule has 4 rings (SSSR count). The van der Waals surface area contributed by atoms with Gasteiger partial charge >= 0.3 is 5.97 Å². The molecule has 1 fully saturated rings. The van der Waals surface area contributed by atoms with Crippen molar-refractivity contribution in [3.05, 3.63) is 68.9 Å². The van der Waals surface area contributed by atoms with Crippen molar-refractivity contribution in [2.45, 2.75) is 6.92 Å². The first-order valence-corrected chi connectivity index (χ1v) is 10.4. The molecule has 0 radical (unpaired) electrons. The molecule has 0 bridgehead atoms. The molecule has 1 aliphatic rings. The Morgan fingerprint density at radius 2 is 2.07 bits per heavy atom. The molecule has 3 heterocycles. The first-order chi connectivity index (χ1) is 14.5. The van der Waals surface area contributed by atoms with Crippen molar-refractivity contribution in [3.8, 4) is 0 Å². The van der Waals surface area contributed by atoms with E-state index < -0.39 is 5.97 Å². The summed E-state index contributed by atoms with van der Waals surface area (Å²) in [5, 5.41) is 3.85. The van der Waals surface area contributed by atoms with E-state index in [9.17, 15) is 9.59 Å². The number of pyridine rings is 1. The van der Waals surface area contributed by atoms with Crippen LogP contribution >= 0.6 is 35.0 Å². The van der Waals surface area contributed by atoms with Gasteiger partial charge in [0.2, 0.25) is 0 Å². The lowest BCUT2D eigenvalue weighted by Gasteiger charge is -2.03. The second kappa shape index (κ2) is 8.51. The number of fused-ring (bicyclic) bond motifs is 1. The minimum atomic E-state index is -0.464. The van der Waals surface area contributed by atoms with Crippen molar-refractivity contribution < 1.29 is 14.3 Å². The summed E-state index contributed by atoms with van der Waals surface area (Å²) in [5.41, 5.74) is 2.01. The Bertz CT molecular complexity index is 1220. The molecule has 0 spiro atoms. The van der Waals surface area contributed by atoms with Gasteiger partial charge in [-0.3, -0.25) is 9.20 Å². The zero-order valence-corrected chi connectivity index (χ0v) is 17.9. The lowest BCUT2D eigenvalue weighted by atomic mass is 10.2. The highest BCUT2D eigenvalue weighted by Crippen LogP contribution is 2.35. The van der Waals surface area contributed by atoms with Gasteiger partial charge in [-0.15, -0.1) is 0 Å². The number of aliphatic imine (C=N–C) groups is 1. The number of imidazole rings is 1. The molecule has 0 saturated carbocycles. The lowest BCUT2D eigenvalue weighted by molar-refractivity contribution is -0.115. The molecule has 152 valence electrons. The van der Waals surface area contributed by atoms with Gasteiger partial charge in [-0.05, 0) is 54.6 Å². The monoisotopic (exact) mass is 460 g/mol. The van der Waals surface area contributed by atoms with Gasteiger partial charge in [0.1, 0.15) is 11.3 Å². The van der Waals surface area contributed by atoms with E-state index in [4.69, 9.17) is 27.9 Å². The summed E-state index contributed by atoms with van der Waals surface area (Å²) < 4.78 is 6.68. The molecule has 3 aromatic rings. The second-order valence-corrected chi connectivity index (χ2v) is 7.95. The van der Waals surface area contributed by atoms with Crippen molar-refractivity contribution in [2.24, 2.45) is 4.99 Å². The third-order valence-corrected chi connectivity index (χ3v) is 5.63. The van der Waals surface area contributed by atoms with Crippen LogP contribution < -0.4 is 5.32 Å². The molecule has 0 atom stereocenters. The SMILES string of the molecule is CCOC(=O)c1cnc2ccc(/C=C3\SC(=Nc4c(Cl)cccc4Cl)NC3=O)cn12. The number of carbonyl (C=O) groups excluding carboxylic acids is 2. The summed E-state index contributed by atoms with van der Waals surface area (Å²) >= 11 is 13.5. The Morgan fingerprint density at radius 1 is 1.30 bits per heavy atom. The number of carbonyl (C=O) groups is 2. The van der Waals surface area contributed by atoms with Crippen molar-refractivity contribution >= 4 is 69.4 Å². The van der Waals surface area contributed by atoms with Crippen molar-refractivity contribution in [2.75, 3.05) is 6.61 Å². The Labute approximate surface area is 185 Å². The Morgan fingerprint density at radius 3 is 2.80 bits per heavy atom. The molecule has 2 aromatic heterocycles. The van der Waals surface area contributed by atoms with Crippen LogP contribution in [-0.4, -0.2) is 33.0 Å². The number of thioether (sulfide) groups is 1. The van der Waals surface area contributed by atoms with E-state index in [0.717, 1.165) is 0 Å². The Balaban J connectivity index is 1.64. The molecule has 1 amide bonds. The van der Waals surface area contributed by atoms with E-state index >= 15 is 0 Å². The maximum atomic E-state index is 12.4. The zero-order valence-electron chi connectivity index (χ0n) is 15.6. The number of nitrogens with zero attached hydrogens (tertiary/aromatic N) is 3. The molecule has 1 N–H and O–H groups in total. The van der Waals surface area contributed by atoms with E-state index in [2.05, 4.69) is 15.3 Å². The van der Waals surface area contributed by atoms with Gasteiger partial charge in [0.15, 0.2) is 10.9 Å². The van der Waals surface area contributed by atoms with Gasteiger partial charge in [0, 0.05) is 6.20 Å². The highest BCUT2D eigenvalue weighted by molar-refractivity contribution is 8.18. The minimum absolute atomic E-state index is 0.268. The van der Waals surface area contributed by atoms with E-state index in [1.54, 1.807) is 53.9 Å². The fourth-order valence-electron chi connectivity index (χ4n) is 2.77. The number of amidine groups is 1. The highest BCUT2D eigenvalue weighted by Gasteiger charge is 2.24. The fourth-order valence-corrected chi connectivity index (χ4v) is 4.08. The number of esters is 1. The number of halogens is 2. The summed E-state index contributed by atoms with van der Waals surface area (Å²) in [6.07, 6.45) is 4.87. The average Bonchev–Trinajstić information content (AvgIpc) is 3.28. The van der Waals surface area contributed by atoms with Crippen LogP contribution in [-0.2, 0) is 9.53 Å². The third-order valence-electron chi connectivity index (χ3n) is 4.11. The van der Waals surface area contributed by atoms with Crippen molar-refractivity contribution in [1.29, 1.82) is 0 Å². The van der Waals surface area contributed by atoms with Crippen LogP contribution in [0.3, 0.4) is 0 Å². The Hall–Kier alpha value is -2.81. The molecule has 1 aromatic carbocycles. The standard InChI is InChI=1S/C20H14Cl2N4O3S/c1-2-29-19(28)14-9-23-16-7-6-11(10-26(14)16)8-15-18(27)25-20(30-15)24-17-12(21)4-3-5-13(17)22/h3-10H,2H2,1H3,(H,24,25,27)/b15-8-. The number of aromatic nitrogens is 2. The number of amides is 1. The normalized spacial score (nSPS) is 16.4. The molecular formula is C20H14Cl2N4O3S. The topological polar surface area (TPSA) is 85.1 Å². The molecule has 0 unspecified atom stereocenters. The summed E-state index contributed by atoms with van der Waals surface area (Å²) in [6, 6.07) is 8.62. The molecule has 1 aliphatic heterocycles. The molecule has 7 nitrogen and oxygen atoms in total. The summed E-state index contributed by atoms with van der Waals surface area (Å²) in [6.45, 7) is 2.01. The first-order valence-electron chi connectivity index (χ1n) is 8.84. The number of para-hydroxylation sites is 1. The van der Waals surface area contributed by atoms with Crippen LogP contribution in [0.2, 0.25) is 10.0 Å². The number of nitrogens with one attached hydrogen (secondary N) is 1.